The third-order valence-electron chi connectivity index (χ3n) is 5.17. The van der Waals surface area contributed by atoms with E-state index < -0.39 is 45.6 Å². The average Bonchev–Trinajstić information content (AvgIpc) is 3.43. The molecule has 1 radical (unpaired) electrons. The molecule has 6 rings (SSSR count). The summed E-state index contributed by atoms with van der Waals surface area (Å²) >= 11 is 0. The summed E-state index contributed by atoms with van der Waals surface area (Å²) in [5.41, 5.74) is 1.27. The van der Waals surface area contributed by atoms with E-state index in [4.69, 9.17) is 20.6 Å². The van der Waals surface area contributed by atoms with Crippen LogP contribution in [0.25, 0.3) is 38.7 Å². The first-order valence-electron chi connectivity index (χ1n) is 17.6. The molecule has 177 valence electrons. The van der Waals surface area contributed by atoms with Crippen molar-refractivity contribution in [1.29, 1.82) is 0 Å². The maximum atomic E-state index is 7.92. The van der Waals surface area contributed by atoms with Gasteiger partial charge in [-0.3, -0.25) is 0 Å². The first-order chi connectivity index (χ1) is 22.5. The zero-order valence-electron chi connectivity index (χ0n) is 33.0. The van der Waals surface area contributed by atoms with E-state index in [1.807, 2.05) is 0 Å². The average molecular weight is 650 g/mol. The van der Waals surface area contributed by atoms with Crippen LogP contribution in [0, 0.1) is 46.4 Å². The van der Waals surface area contributed by atoms with Crippen LogP contribution in [0.2, 0.25) is 0 Å². The summed E-state index contributed by atoms with van der Waals surface area (Å²) in [5, 5.41) is 0.682. The molecular formula is C30H26IrN4-2. The molecule has 35 heavy (non-hydrogen) atoms. The molecule has 0 fully saturated rings. The number of imidazole rings is 1. The third-order valence-corrected chi connectivity index (χ3v) is 5.17. The molecule has 6 aromatic rings. The summed E-state index contributed by atoms with van der Waals surface area (Å²) in [6.07, 6.45) is 2.53. The van der Waals surface area contributed by atoms with Crippen molar-refractivity contribution in [1.82, 2.24) is 19.4 Å². The maximum absolute atomic E-state index is 7.92. The molecule has 2 aromatic carbocycles. The molecule has 4 nitrogen and oxygen atoms in total. The van der Waals surface area contributed by atoms with Crippen LogP contribution in [-0.4, -0.2) is 19.4 Å². The van der Waals surface area contributed by atoms with E-state index in [9.17, 15) is 0 Å². The van der Waals surface area contributed by atoms with Gasteiger partial charge in [0.15, 0.2) is 0 Å². The van der Waals surface area contributed by atoms with Crippen molar-refractivity contribution in [2.24, 2.45) is 0 Å². The third kappa shape index (κ3) is 4.75. The van der Waals surface area contributed by atoms with E-state index in [0.717, 1.165) is 0 Å². The van der Waals surface area contributed by atoms with Crippen molar-refractivity contribution in [3.05, 3.63) is 107 Å². The van der Waals surface area contributed by atoms with E-state index in [2.05, 4.69) is 27.1 Å². The molecule has 0 aliphatic heterocycles. The van der Waals surface area contributed by atoms with E-state index >= 15 is 0 Å². The fourth-order valence-corrected chi connectivity index (χ4v) is 3.61. The molecule has 0 atom stereocenters. The Labute approximate surface area is 240 Å². The van der Waals surface area contributed by atoms with Gasteiger partial charge in [0.05, 0.1) is 5.69 Å². The first-order valence-corrected chi connectivity index (χ1v) is 10.1. The van der Waals surface area contributed by atoms with Crippen LogP contribution in [0.15, 0.2) is 67.0 Å². The molecule has 4 aromatic heterocycles. The summed E-state index contributed by atoms with van der Waals surface area (Å²) in [5.74, 6) is 0. The number of hydrogen-bond donors (Lipinski definition) is 0. The van der Waals surface area contributed by atoms with Crippen LogP contribution in [0.1, 0.15) is 48.6 Å². The van der Waals surface area contributed by atoms with Crippen molar-refractivity contribution < 1.29 is 40.7 Å². The number of rotatable bonds is 1. The molecular weight excluding hydrogens is 609 g/mol. The van der Waals surface area contributed by atoms with Gasteiger partial charge in [-0.15, -0.1) is 65.0 Å². The van der Waals surface area contributed by atoms with Crippen molar-refractivity contribution in [3.63, 3.8) is 0 Å². The standard InChI is InChI=1S/C17H14N3.C13H12N.Ir/c1-10-8-14-16(18-9-10)13-6-4-5-7-15(13)20-12(3)11(2)19-17(14)20;1-10-3-6-12(7-4-10)13-8-5-11(2)9-14-13;/h4-5,7-9H,1-3H3;3-6,8-9H,1-2H3;/q2*-1;/i1D3,2D3,3D3;1D3,2D3;. The van der Waals surface area contributed by atoms with Crippen LogP contribution < -0.4 is 0 Å². The Bertz CT molecular complexity index is 2090. The Morgan fingerprint density at radius 3 is 2.43 bits per heavy atom. The van der Waals surface area contributed by atoms with Crippen molar-refractivity contribution >= 4 is 27.5 Å². The van der Waals surface area contributed by atoms with Gasteiger partial charge in [-0.25, -0.2) is 4.98 Å². The van der Waals surface area contributed by atoms with Gasteiger partial charge in [0.1, 0.15) is 5.65 Å². The number of nitrogens with zero attached hydrogens (tertiary/aromatic N) is 4. The number of aromatic nitrogens is 4. The van der Waals surface area contributed by atoms with Crippen molar-refractivity contribution in [2.75, 3.05) is 0 Å². The van der Waals surface area contributed by atoms with Gasteiger partial charge in [-0.1, -0.05) is 25.1 Å². The molecule has 0 N–H and O–H groups in total. The monoisotopic (exact) mass is 650 g/mol. The Morgan fingerprint density at radius 1 is 0.857 bits per heavy atom. The fourth-order valence-electron chi connectivity index (χ4n) is 3.61. The number of benzene rings is 2. The number of hydrogen-bond acceptors (Lipinski definition) is 3. The van der Waals surface area contributed by atoms with Crippen molar-refractivity contribution in [2.45, 2.75) is 34.3 Å². The second-order valence-electron chi connectivity index (χ2n) is 7.44. The Morgan fingerprint density at radius 2 is 1.71 bits per heavy atom. The molecule has 0 saturated carbocycles. The number of fused-ring (bicyclic) bond motifs is 6. The quantitative estimate of drug-likeness (QED) is 0.144. The van der Waals surface area contributed by atoms with Crippen LogP contribution in [0.5, 0.6) is 0 Å². The van der Waals surface area contributed by atoms with Gasteiger partial charge in [0, 0.05) is 69.7 Å². The Hall–Kier alpha value is -3.40. The summed E-state index contributed by atoms with van der Waals surface area (Å²) in [4.78, 5) is 12.5. The number of pyridine rings is 3. The normalized spacial score (nSPS) is 18.9. The summed E-state index contributed by atoms with van der Waals surface area (Å²) in [6, 6.07) is 19.7. The second-order valence-corrected chi connectivity index (χ2v) is 7.44. The van der Waals surface area contributed by atoms with E-state index in [-0.39, 0.29) is 47.8 Å². The zero-order chi connectivity index (χ0) is 36.3. The van der Waals surface area contributed by atoms with E-state index in [1.165, 1.54) is 41.1 Å². The van der Waals surface area contributed by atoms with Gasteiger partial charge >= 0.3 is 0 Å². The predicted molar refractivity (Wildman–Crippen MR) is 139 cm³/mol. The van der Waals surface area contributed by atoms with E-state index in [0.29, 0.717) is 27.7 Å². The SMILES string of the molecule is [2H]C([2H])([2H])c1c[c-]c(-c2ccc(C([2H])([2H])[2H])cn2)cc1.[2H]C([2H])([2H])c1cnc2c3[c-]cccc3n3c(C([2H])([2H])[2H])c(C([2H])([2H])[2H])nc3c2c1.[Ir]. The van der Waals surface area contributed by atoms with Crippen LogP contribution >= 0.6 is 0 Å². The van der Waals surface area contributed by atoms with Gasteiger partial charge < -0.3 is 14.4 Å². The predicted octanol–water partition coefficient (Wildman–Crippen LogP) is 6.92. The minimum absolute atomic E-state index is 0. The van der Waals surface area contributed by atoms with Gasteiger partial charge in [-0.2, -0.15) is 0 Å². The maximum Gasteiger partial charge on any atom is 0.129 e. The van der Waals surface area contributed by atoms with Gasteiger partial charge in [-0.05, 0) is 49.7 Å². The first kappa shape index (κ1) is 12.0. The van der Waals surface area contributed by atoms with Crippen LogP contribution in [0.4, 0.5) is 0 Å². The molecule has 0 spiro atoms. The molecule has 0 aliphatic rings. The molecule has 0 aliphatic carbocycles. The van der Waals surface area contributed by atoms with Crippen LogP contribution in [0.3, 0.4) is 0 Å². The van der Waals surface area contributed by atoms with Crippen molar-refractivity contribution in [3.8, 4) is 11.3 Å². The fraction of sp³-hybridized carbons (Fsp3) is 0.167. The van der Waals surface area contributed by atoms with Gasteiger partial charge in [0.25, 0.3) is 0 Å². The van der Waals surface area contributed by atoms with E-state index in [1.54, 1.807) is 30.3 Å². The summed E-state index contributed by atoms with van der Waals surface area (Å²) < 4.78 is 115. The molecule has 0 saturated heterocycles. The Kier molecular flexibility index (Phi) is 3.46. The topological polar surface area (TPSA) is 43.1 Å². The molecule has 0 unspecified atom stereocenters. The smallest absolute Gasteiger partial charge is 0.129 e. The molecule has 4 heterocycles. The minimum Gasteiger partial charge on any atom is -0.339 e. The summed E-state index contributed by atoms with van der Waals surface area (Å²) in [6.45, 7) is -12.3. The molecule has 0 amide bonds. The second kappa shape index (κ2) is 10.1. The molecule has 0 bridgehead atoms. The number of aryl methyl sites for hydroxylation is 5. The minimum atomic E-state index is -2.78. The molecule has 5 heteroatoms. The Balaban J connectivity index is 0.000000236. The van der Waals surface area contributed by atoms with Gasteiger partial charge in [0.2, 0.25) is 0 Å². The zero-order valence-corrected chi connectivity index (χ0v) is 20.4. The largest absolute Gasteiger partial charge is 0.339 e. The van der Waals surface area contributed by atoms with Crippen LogP contribution in [-0.2, 0) is 20.1 Å². The summed E-state index contributed by atoms with van der Waals surface area (Å²) in [7, 11) is 0.